The molecule has 4 heterocycles. The summed E-state index contributed by atoms with van der Waals surface area (Å²) in [6, 6.07) is 9.76. The molecule has 4 fully saturated rings. The molecule has 1 aromatic rings. The maximum absolute atomic E-state index is 12.4. The van der Waals surface area contributed by atoms with Crippen molar-refractivity contribution in [1.82, 2.24) is 29.8 Å². The van der Waals surface area contributed by atoms with Crippen molar-refractivity contribution in [2.24, 2.45) is 23.7 Å². The number of piperazine rings is 2. The molecular weight excluding hydrogens is 660 g/mol. The van der Waals surface area contributed by atoms with Gasteiger partial charge in [-0.05, 0) is 83.6 Å². The lowest BCUT2D eigenvalue weighted by molar-refractivity contribution is 0.00673. The number of nitrogens with one attached hydrogen (secondary N) is 1. The van der Waals surface area contributed by atoms with E-state index in [2.05, 4.69) is 29.0 Å². The van der Waals surface area contributed by atoms with Crippen molar-refractivity contribution in [3.63, 3.8) is 0 Å². The number of hydrogen-bond acceptors (Lipinski definition) is 9. The van der Waals surface area contributed by atoms with E-state index in [1.807, 2.05) is 81.7 Å². The molecule has 294 valence electrons. The summed E-state index contributed by atoms with van der Waals surface area (Å²) in [4.78, 5) is 47.4. The number of nitrogens with zero attached hydrogens (tertiary/aromatic N) is 5. The fourth-order valence-electron chi connectivity index (χ4n) is 7.40. The number of amides is 3. The van der Waals surface area contributed by atoms with Gasteiger partial charge in [0.1, 0.15) is 17.8 Å². The van der Waals surface area contributed by atoms with Crippen molar-refractivity contribution < 1.29 is 28.6 Å². The first kappa shape index (κ1) is 41.7. The summed E-state index contributed by atoms with van der Waals surface area (Å²) in [7, 11) is 0. The molecule has 1 N–H and O–H groups in total. The summed E-state index contributed by atoms with van der Waals surface area (Å²) < 4.78 is 16.5. The van der Waals surface area contributed by atoms with Crippen LogP contribution in [0.15, 0.2) is 30.3 Å². The standard InChI is InChI=1S/C24H37N3O4.C16H31N3O2/c1-19-16-27(23(29)31-24(2,3)4)11-10-21(19)17-25-12-14-26(15-13-25)22(28)30-18-20-8-6-5-7-9-20;1-13-11-19(15(20)21-16(2,3)4)8-5-14(13)12-18-9-6-17-7-10-18/h5-9,19,21H,10-18H2,1-4H3;13-14,17H,5-12H2,1-4H3/t19-,21-;13-,14-/m11/s1. The highest BCUT2D eigenvalue weighted by molar-refractivity contribution is 5.69. The zero-order valence-corrected chi connectivity index (χ0v) is 33.4. The van der Waals surface area contributed by atoms with Crippen LogP contribution in [-0.2, 0) is 20.8 Å². The van der Waals surface area contributed by atoms with Crippen LogP contribution in [0, 0.1) is 23.7 Å². The molecule has 0 aliphatic carbocycles. The summed E-state index contributed by atoms with van der Waals surface area (Å²) in [5, 5.41) is 3.40. The summed E-state index contributed by atoms with van der Waals surface area (Å²) in [6.45, 7) is 29.2. The maximum Gasteiger partial charge on any atom is 0.410 e. The Balaban J connectivity index is 0.000000251. The Morgan fingerprint density at radius 1 is 0.635 bits per heavy atom. The molecule has 0 saturated carbocycles. The number of ether oxygens (including phenoxy) is 3. The van der Waals surface area contributed by atoms with E-state index in [9.17, 15) is 14.4 Å². The lowest BCUT2D eigenvalue weighted by Crippen LogP contribution is -2.52. The van der Waals surface area contributed by atoms with Crippen LogP contribution >= 0.6 is 0 Å². The van der Waals surface area contributed by atoms with Crippen molar-refractivity contribution in [2.45, 2.75) is 86.0 Å². The first-order chi connectivity index (χ1) is 24.6. The summed E-state index contributed by atoms with van der Waals surface area (Å²) in [6.07, 6.45) is 1.47. The first-order valence-electron chi connectivity index (χ1n) is 19.6. The molecule has 0 bridgehead atoms. The molecule has 4 aliphatic heterocycles. The van der Waals surface area contributed by atoms with Gasteiger partial charge in [0.15, 0.2) is 0 Å². The minimum absolute atomic E-state index is 0.157. The smallest absolute Gasteiger partial charge is 0.410 e. The Morgan fingerprint density at radius 3 is 1.54 bits per heavy atom. The first-order valence-corrected chi connectivity index (χ1v) is 19.6. The maximum atomic E-state index is 12.4. The molecule has 0 radical (unpaired) electrons. The van der Waals surface area contributed by atoms with Gasteiger partial charge < -0.3 is 39.1 Å². The van der Waals surface area contributed by atoms with E-state index in [0.29, 0.717) is 43.4 Å². The van der Waals surface area contributed by atoms with Crippen molar-refractivity contribution in [3.8, 4) is 0 Å². The lowest BCUT2D eigenvalue weighted by Gasteiger charge is -2.41. The van der Waals surface area contributed by atoms with Crippen LogP contribution in [0.1, 0.15) is 73.8 Å². The van der Waals surface area contributed by atoms with Crippen LogP contribution in [0.25, 0.3) is 0 Å². The lowest BCUT2D eigenvalue weighted by atomic mass is 9.86. The van der Waals surface area contributed by atoms with Crippen LogP contribution in [0.4, 0.5) is 14.4 Å². The van der Waals surface area contributed by atoms with Gasteiger partial charge in [0.2, 0.25) is 0 Å². The van der Waals surface area contributed by atoms with Crippen LogP contribution in [-0.4, -0.2) is 146 Å². The molecule has 4 atom stereocenters. The largest absolute Gasteiger partial charge is 0.445 e. The van der Waals surface area contributed by atoms with Crippen LogP contribution in [0.2, 0.25) is 0 Å². The zero-order valence-electron chi connectivity index (χ0n) is 33.4. The SMILES string of the molecule is C[C@@H]1CN(C(=O)OC(C)(C)C)CC[C@@H]1CN1CCN(C(=O)OCc2ccccc2)CC1.C[C@@H]1CN(C(=O)OC(C)(C)C)CC[C@@H]1CN1CCNCC1. The predicted molar refractivity (Wildman–Crippen MR) is 204 cm³/mol. The van der Waals surface area contributed by atoms with Gasteiger partial charge in [0.05, 0.1) is 0 Å². The Labute approximate surface area is 313 Å². The number of carbonyl (C=O) groups is 3. The van der Waals surface area contributed by atoms with Crippen molar-refractivity contribution in [3.05, 3.63) is 35.9 Å². The molecule has 0 unspecified atom stereocenters. The molecule has 1 aromatic carbocycles. The molecule has 12 heteroatoms. The minimum atomic E-state index is -0.459. The molecule has 12 nitrogen and oxygen atoms in total. The second kappa shape index (κ2) is 19.3. The molecule has 5 rings (SSSR count). The zero-order chi connectivity index (χ0) is 37.9. The van der Waals surface area contributed by atoms with Gasteiger partial charge in [-0.25, -0.2) is 14.4 Å². The fraction of sp³-hybridized carbons (Fsp3) is 0.775. The monoisotopic (exact) mass is 729 g/mol. The third-order valence-electron chi connectivity index (χ3n) is 10.5. The number of piperidine rings is 2. The van der Waals surface area contributed by atoms with E-state index in [4.69, 9.17) is 14.2 Å². The molecule has 52 heavy (non-hydrogen) atoms. The summed E-state index contributed by atoms with van der Waals surface area (Å²) in [5.74, 6) is 2.22. The minimum Gasteiger partial charge on any atom is -0.445 e. The Bertz CT molecular complexity index is 1260. The number of likely N-dealkylation sites (tertiary alicyclic amines) is 2. The van der Waals surface area contributed by atoms with Gasteiger partial charge in [-0.2, -0.15) is 0 Å². The second-order valence-corrected chi connectivity index (χ2v) is 17.3. The molecule has 0 spiro atoms. The summed E-state index contributed by atoms with van der Waals surface area (Å²) >= 11 is 0. The van der Waals surface area contributed by atoms with Gasteiger partial charge in [-0.3, -0.25) is 4.90 Å². The van der Waals surface area contributed by atoms with Gasteiger partial charge in [0, 0.05) is 91.6 Å². The van der Waals surface area contributed by atoms with E-state index >= 15 is 0 Å². The van der Waals surface area contributed by atoms with Gasteiger partial charge in [-0.1, -0.05) is 44.2 Å². The number of carbonyl (C=O) groups excluding carboxylic acids is 3. The summed E-state index contributed by atoms with van der Waals surface area (Å²) in [5.41, 5.74) is 0.137. The normalized spacial score (nSPS) is 25.1. The number of benzene rings is 1. The van der Waals surface area contributed by atoms with Crippen LogP contribution in [0.3, 0.4) is 0 Å². The fourth-order valence-corrected chi connectivity index (χ4v) is 7.40. The number of rotatable bonds is 6. The highest BCUT2D eigenvalue weighted by atomic mass is 16.6. The Morgan fingerprint density at radius 2 is 1.10 bits per heavy atom. The van der Waals surface area contributed by atoms with Crippen molar-refractivity contribution >= 4 is 18.3 Å². The molecule has 4 saturated heterocycles. The molecule has 0 aromatic heterocycles. The third-order valence-corrected chi connectivity index (χ3v) is 10.5. The molecular formula is C40H68N6O6. The highest BCUT2D eigenvalue weighted by Gasteiger charge is 2.34. The third kappa shape index (κ3) is 14.0. The van der Waals surface area contributed by atoms with E-state index < -0.39 is 11.2 Å². The Hall–Kier alpha value is -3.09. The topological polar surface area (TPSA) is 107 Å². The highest BCUT2D eigenvalue weighted by Crippen LogP contribution is 2.27. The van der Waals surface area contributed by atoms with E-state index in [-0.39, 0.29) is 18.3 Å². The van der Waals surface area contributed by atoms with Gasteiger partial charge in [0.25, 0.3) is 0 Å². The second-order valence-electron chi connectivity index (χ2n) is 17.3. The average molecular weight is 729 g/mol. The van der Waals surface area contributed by atoms with E-state index in [0.717, 1.165) is 90.4 Å². The quantitative estimate of drug-likeness (QED) is 0.374. The van der Waals surface area contributed by atoms with E-state index in [1.165, 1.54) is 6.54 Å². The van der Waals surface area contributed by atoms with Gasteiger partial charge in [-0.15, -0.1) is 0 Å². The van der Waals surface area contributed by atoms with E-state index in [1.54, 1.807) is 4.90 Å². The molecule has 4 aliphatic rings. The predicted octanol–water partition coefficient (Wildman–Crippen LogP) is 5.62. The molecule has 3 amide bonds. The van der Waals surface area contributed by atoms with Crippen LogP contribution < -0.4 is 5.32 Å². The van der Waals surface area contributed by atoms with Crippen LogP contribution in [0.5, 0.6) is 0 Å². The van der Waals surface area contributed by atoms with Crippen molar-refractivity contribution in [2.75, 3.05) is 91.6 Å². The Kier molecular flexibility index (Phi) is 15.5. The van der Waals surface area contributed by atoms with Crippen molar-refractivity contribution in [1.29, 1.82) is 0 Å². The van der Waals surface area contributed by atoms with Gasteiger partial charge >= 0.3 is 18.3 Å². The average Bonchev–Trinajstić information content (AvgIpc) is 3.09. The number of hydrogen-bond donors (Lipinski definition) is 1.